The van der Waals surface area contributed by atoms with Crippen molar-refractivity contribution < 1.29 is 14.3 Å². The van der Waals surface area contributed by atoms with Crippen molar-refractivity contribution in [1.29, 1.82) is 0 Å². The minimum atomic E-state index is -0.525. The Hall–Kier alpha value is -1.76. The number of methoxy groups -OCH3 is 1. The van der Waals surface area contributed by atoms with Gasteiger partial charge in [0.1, 0.15) is 5.75 Å². The lowest BCUT2D eigenvalue weighted by molar-refractivity contribution is -0.132. The number of nitrogens with one attached hydrogen (secondary N) is 1. The van der Waals surface area contributed by atoms with Crippen LogP contribution in [0.5, 0.6) is 5.75 Å². The first-order chi connectivity index (χ1) is 11.5. The van der Waals surface area contributed by atoms with Crippen molar-refractivity contribution in [1.82, 2.24) is 10.2 Å². The van der Waals surface area contributed by atoms with Crippen LogP contribution < -0.4 is 15.8 Å². The van der Waals surface area contributed by atoms with E-state index in [0.717, 1.165) is 48.0 Å². The Morgan fingerprint density at radius 1 is 1.42 bits per heavy atom. The van der Waals surface area contributed by atoms with Crippen LogP contribution in [0.2, 0.25) is 0 Å². The number of halogens is 1. The highest BCUT2D eigenvalue weighted by atomic mass is 79.9. The molecule has 1 atom stereocenters. The Morgan fingerprint density at radius 3 is 2.92 bits per heavy atom. The molecular formula is C17H24BrN3O3. The highest BCUT2D eigenvalue weighted by Crippen LogP contribution is 2.38. The predicted octanol–water partition coefficient (Wildman–Crippen LogP) is 2.96. The molecule has 6 nitrogen and oxygen atoms in total. The van der Waals surface area contributed by atoms with Crippen LogP contribution in [-0.2, 0) is 4.79 Å². The molecule has 0 saturated carbocycles. The van der Waals surface area contributed by atoms with Crippen LogP contribution in [0.4, 0.5) is 4.79 Å². The van der Waals surface area contributed by atoms with Crippen LogP contribution in [0.3, 0.4) is 0 Å². The van der Waals surface area contributed by atoms with E-state index >= 15 is 0 Å². The zero-order valence-electron chi connectivity index (χ0n) is 13.9. The highest BCUT2D eigenvalue weighted by Gasteiger charge is 2.31. The quantitative estimate of drug-likeness (QED) is 0.693. The minimum Gasteiger partial charge on any atom is -0.496 e. The van der Waals surface area contributed by atoms with Crippen molar-refractivity contribution in [2.75, 3.05) is 20.2 Å². The summed E-state index contributed by atoms with van der Waals surface area (Å²) in [5, 5.41) is 2.54. The molecule has 132 valence electrons. The summed E-state index contributed by atoms with van der Waals surface area (Å²) in [6, 6.07) is 5.44. The summed E-state index contributed by atoms with van der Waals surface area (Å²) in [6.07, 6.45) is 3.90. The van der Waals surface area contributed by atoms with Crippen LogP contribution in [0, 0.1) is 0 Å². The number of likely N-dealkylation sites (tertiary alicyclic amines) is 1. The fourth-order valence-corrected chi connectivity index (χ4v) is 3.49. The standard InChI is InChI=1S/C17H24BrN3O3/c1-24-15-8-7-12(18)11-13(15)14-5-4-10-21(14)16(22)6-2-3-9-20-17(19)23/h7-8,11,14H,2-6,9-10H2,1H3,(H3,19,20,23). The van der Waals surface area contributed by atoms with E-state index in [0.29, 0.717) is 13.0 Å². The van der Waals surface area contributed by atoms with Gasteiger partial charge in [0.25, 0.3) is 0 Å². The van der Waals surface area contributed by atoms with Crippen molar-refractivity contribution in [3.63, 3.8) is 0 Å². The van der Waals surface area contributed by atoms with E-state index in [4.69, 9.17) is 10.5 Å². The van der Waals surface area contributed by atoms with Crippen molar-refractivity contribution >= 4 is 27.9 Å². The molecule has 1 aliphatic heterocycles. The molecule has 7 heteroatoms. The number of amides is 3. The largest absolute Gasteiger partial charge is 0.496 e. The monoisotopic (exact) mass is 397 g/mol. The number of urea groups is 1. The maximum atomic E-state index is 12.6. The number of carbonyl (C=O) groups is 2. The molecule has 3 amide bonds. The number of hydrogen-bond acceptors (Lipinski definition) is 3. The van der Waals surface area contributed by atoms with Gasteiger partial charge >= 0.3 is 6.03 Å². The first-order valence-corrected chi connectivity index (χ1v) is 8.98. The molecule has 0 radical (unpaired) electrons. The van der Waals surface area contributed by atoms with Gasteiger partial charge in [-0.15, -0.1) is 0 Å². The van der Waals surface area contributed by atoms with Crippen LogP contribution in [0.25, 0.3) is 0 Å². The molecule has 3 N–H and O–H groups in total. The molecule has 1 aromatic rings. The lowest BCUT2D eigenvalue weighted by Crippen LogP contribution is -2.31. The summed E-state index contributed by atoms with van der Waals surface area (Å²) >= 11 is 3.50. The molecule has 0 aromatic heterocycles. The number of nitrogens with zero attached hydrogens (tertiary/aromatic N) is 1. The zero-order valence-corrected chi connectivity index (χ0v) is 15.5. The van der Waals surface area contributed by atoms with Gasteiger partial charge in [-0.05, 0) is 43.9 Å². The second-order valence-electron chi connectivity index (χ2n) is 5.88. The number of ether oxygens (including phenoxy) is 1. The van der Waals surface area contributed by atoms with Gasteiger partial charge < -0.3 is 20.7 Å². The summed E-state index contributed by atoms with van der Waals surface area (Å²) in [5.41, 5.74) is 6.06. The summed E-state index contributed by atoms with van der Waals surface area (Å²) in [7, 11) is 1.65. The lowest BCUT2D eigenvalue weighted by Gasteiger charge is -2.26. The molecule has 1 aliphatic rings. The topological polar surface area (TPSA) is 84.7 Å². The van der Waals surface area contributed by atoms with E-state index in [9.17, 15) is 9.59 Å². The fourth-order valence-electron chi connectivity index (χ4n) is 3.11. The summed E-state index contributed by atoms with van der Waals surface area (Å²) < 4.78 is 6.45. The van der Waals surface area contributed by atoms with E-state index in [-0.39, 0.29) is 11.9 Å². The summed E-state index contributed by atoms with van der Waals surface area (Å²) in [5.74, 6) is 0.965. The van der Waals surface area contributed by atoms with Crippen LogP contribution in [-0.4, -0.2) is 37.0 Å². The van der Waals surface area contributed by atoms with E-state index in [1.807, 2.05) is 23.1 Å². The van der Waals surface area contributed by atoms with Crippen LogP contribution in [0.1, 0.15) is 43.7 Å². The predicted molar refractivity (Wildman–Crippen MR) is 95.8 cm³/mol. The third-order valence-corrected chi connectivity index (χ3v) is 4.73. The molecule has 1 saturated heterocycles. The van der Waals surface area contributed by atoms with Gasteiger partial charge in [0.15, 0.2) is 0 Å². The number of hydrogen-bond donors (Lipinski definition) is 2. The Kier molecular flexibility index (Phi) is 6.90. The zero-order chi connectivity index (χ0) is 17.5. The van der Waals surface area contributed by atoms with Gasteiger partial charge in [-0.3, -0.25) is 4.79 Å². The van der Waals surface area contributed by atoms with E-state index in [1.165, 1.54) is 0 Å². The summed E-state index contributed by atoms with van der Waals surface area (Å²) in [4.78, 5) is 25.1. The summed E-state index contributed by atoms with van der Waals surface area (Å²) in [6.45, 7) is 1.28. The molecule has 24 heavy (non-hydrogen) atoms. The van der Waals surface area contributed by atoms with E-state index in [1.54, 1.807) is 7.11 Å². The number of carbonyl (C=O) groups excluding carboxylic acids is 2. The Labute approximate surface area is 150 Å². The Morgan fingerprint density at radius 2 is 2.21 bits per heavy atom. The van der Waals surface area contributed by atoms with Gasteiger partial charge in [-0.1, -0.05) is 15.9 Å². The maximum absolute atomic E-state index is 12.6. The first-order valence-electron chi connectivity index (χ1n) is 8.19. The highest BCUT2D eigenvalue weighted by molar-refractivity contribution is 9.10. The first kappa shape index (κ1) is 18.6. The average Bonchev–Trinajstić information content (AvgIpc) is 3.03. The molecular weight excluding hydrogens is 374 g/mol. The molecule has 1 heterocycles. The molecule has 0 spiro atoms. The van der Waals surface area contributed by atoms with E-state index in [2.05, 4.69) is 21.2 Å². The number of benzene rings is 1. The minimum absolute atomic E-state index is 0.0636. The van der Waals surface area contributed by atoms with Crippen molar-refractivity contribution in [3.05, 3.63) is 28.2 Å². The van der Waals surface area contributed by atoms with Crippen molar-refractivity contribution in [2.24, 2.45) is 5.73 Å². The third-order valence-electron chi connectivity index (χ3n) is 4.24. The number of primary amides is 1. The maximum Gasteiger partial charge on any atom is 0.312 e. The molecule has 1 fully saturated rings. The van der Waals surface area contributed by atoms with Gasteiger partial charge in [0.2, 0.25) is 5.91 Å². The smallest absolute Gasteiger partial charge is 0.312 e. The second kappa shape index (κ2) is 8.92. The van der Waals surface area contributed by atoms with Gasteiger partial charge in [-0.25, -0.2) is 4.79 Å². The molecule has 1 unspecified atom stereocenters. The number of rotatable bonds is 7. The van der Waals surface area contributed by atoms with Crippen molar-refractivity contribution in [3.8, 4) is 5.75 Å². The van der Waals surface area contributed by atoms with Crippen LogP contribution >= 0.6 is 15.9 Å². The molecule has 0 aliphatic carbocycles. The molecule has 2 rings (SSSR count). The van der Waals surface area contributed by atoms with Gasteiger partial charge in [0, 0.05) is 29.5 Å². The second-order valence-corrected chi connectivity index (χ2v) is 6.80. The van der Waals surface area contributed by atoms with E-state index < -0.39 is 6.03 Å². The molecule has 0 bridgehead atoms. The average molecular weight is 398 g/mol. The third kappa shape index (κ3) is 4.87. The van der Waals surface area contributed by atoms with Gasteiger partial charge in [-0.2, -0.15) is 0 Å². The number of unbranched alkanes of at least 4 members (excludes halogenated alkanes) is 1. The van der Waals surface area contributed by atoms with Crippen molar-refractivity contribution in [2.45, 2.75) is 38.1 Å². The van der Waals surface area contributed by atoms with Crippen LogP contribution in [0.15, 0.2) is 22.7 Å². The number of nitrogens with two attached hydrogens (primary N) is 1. The lowest BCUT2D eigenvalue weighted by atomic mass is 10.0. The Bertz CT molecular complexity index is 594. The molecule has 1 aromatic carbocycles. The Balaban J connectivity index is 1.96. The fraction of sp³-hybridized carbons (Fsp3) is 0.529. The van der Waals surface area contributed by atoms with Gasteiger partial charge in [0.05, 0.1) is 13.2 Å². The normalized spacial score (nSPS) is 16.9. The SMILES string of the molecule is COc1ccc(Br)cc1C1CCCN1C(=O)CCCCNC(N)=O.